The first-order valence-corrected chi connectivity index (χ1v) is 7.59. The summed E-state index contributed by atoms with van der Waals surface area (Å²) >= 11 is 0. The van der Waals surface area contributed by atoms with E-state index in [1.807, 2.05) is 10.9 Å². The molecule has 3 rings (SSSR count). The molecule has 0 atom stereocenters. The van der Waals surface area contributed by atoms with Crippen molar-refractivity contribution in [3.63, 3.8) is 0 Å². The predicted octanol–water partition coefficient (Wildman–Crippen LogP) is 2.37. The molecule has 1 saturated carbocycles. The zero-order chi connectivity index (χ0) is 14.6. The van der Waals surface area contributed by atoms with Gasteiger partial charge in [0.15, 0.2) is 0 Å². The van der Waals surface area contributed by atoms with E-state index in [0.29, 0.717) is 5.41 Å². The Bertz CT molecular complexity index is 490. The Morgan fingerprint density at radius 3 is 2.25 bits per heavy atom. The van der Waals surface area contributed by atoms with Crippen LogP contribution in [0.3, 0.4) is 0 Å². The van der Waals surface area contributed by atoms with Gasteiger partial charge in [0.05, 0.1) is 11.2 Å². The van der Waals surface area contributed by atoms with E-state index in [0.717, 1.165) is 12.0 Å². The van der Waals surface area contributed by atoms with Crippen LogP contribution in [0.4, 0.5) is 0 Å². The topological polar surface area (TPSA) is 36.3 Å². The fraction of sp³-hybridized carbons (Fsp3) is 0.800. The number of nitrogens with zero attached hydrogens (tertiary/aromatic N) is 2. The molecule has 1 aromatic heterocycles. The molecule has 0 N–H and O–H groups in total. The molecule has 20 heavy (non-hydrogen) atoms. The van der Waals surface area contributed by atoms with Gasteiger partial charge in [-0.3, -0.25) is 4.68 Å². The standard InChI is InChI=1S/C15H25BN2O2/c1-13(2)14(3,4)20-16(19-13)12-9-17-18(10-12)11-15(5)7-6-8-15/h9-10H,6-8,11H2,1-5H3. The van der Waals surface area contributed by atoms with Crippen molar-refractivity contribution in [2.45, 2.75) is 71.6 Å². The van der Waals surface area contributed by atoms with Gasteiger partial charge in [-0.2, -0.15) is 5.10 Å². The first kappa shape index (κ1) is 14.1. The summed E-state index contributed by atoms with van der Waals surface area (Å²) in [5.74, 6) is 0. The Morgan fingerprint density at radius 1 is 1.15 bits per heavy atom. The van der Waals surface area contributed by atoms with Crippen molar-refractivity contribution in [1.29, 1.82) is 0 Å². The average molecular weight is 276 g/mol. The Balaban J connectivity index is 1.72. The molecule has 0 spiro atoms. The number of rotatable bonds is 3. The fourth-order valence-electron chi connectivity index (χ4n) is 2.90. The van der Waals surface area contributed by atoms with E-state index in [1.54, 1.807) is 0 Å². The van der Waals surface area contributed by atoms with Gasteiger partial charge in [0, 0.05) is 24.4 Å². The summed E-state index contributed by atoms with van der Waals surface area (Å²) in [5, 5.41) is 4.48. The minimum atomic E-state index is -0.303. The zero-order valence-corrected chi connectivity index (χ0v) is 13.3. The van der Waals surface area contributed by atoms with Crippen molar-refractivity contribution < 1.29 is 9.31 Å². The molecule has 0 aromatic carbocycles. The first-order chi connectivity index (χ1) is 9.21. The highest BCUT2D eigenvalue weighted by Crippen LogP contribution is 2.41. The Hall–Kier alpha value is -0.805. The highest BCUT2D eigenvalue weighted by atomic mass is 16.7. The summed E-state index contributed by atoms with van der Waals surface area (Å²) in [6.07, 6.45) is 7.91. The van der Waals surface area contributed by atoms with Crippen LogP contribution < -0.4 is 5.46 Å². The maximum Gasteiger partial charge on any atom is 0.498 e. The second-order valence-corrected chi connectivity index (χ2v) is 7.72. The molecule has 2 heterocycles. The van der Waals surface area contributed by atoms with Gasteiger partial charge >= 0.3 is 7.12 Å². The third-order valence-electron chi connectivity index (χ3n) is 5.28. The summed E-state index contributed by atoms with van der Waals surface area (Å²) in [6.45, 7) is 11.6. The van der Waals surface area contributed by atoms with E-state index in [4.69, 9.17) is 9.31 Å². The van der Waals surface area contributed by atoms with Crippen LogP contribution in [0.1, 0.15) is 53.9 Å². The van der Waals surface area contributed by atoms with Crippen LogP contribution in [-0.4, -0.2) is 28.1 Å². The number of aromatic nitrogens is 2. The molecule has 2 aliphatic rings. The van der Waals surface area contributed by atoms with Crippen molar-refractivity contribution in [2.24, 2.45) is 5.41 Å². The van der Waals surface area contributed by atoms with Gasteiger partial charge in [-0.1, -0.05) is 13.3 Å². The third-order valence-corrected chi connectivity index (χ3v) is 5.28. The highest BCUT2D eigenvalue weighted by molar-refractivity contribution is 6.61. The Morgan fingerprint density at radius 2 is 1.75 bits per heavy atom. The van der Waals surface area contributed by atoms with E-state index in [2.05, 4.69) is 45.9 Å². The molecule has 0 bridgehead atoms. The second kappa shape index (κ2) is 4.34. The van der Waals surface area contributed by atoms with Gasteiger partial charge in [0.25, 0.3) is 0 Å². The second-order valence-electron chi connectivity index (χ2n) is 7.72. The van der Waals surface area contributed by atoms with E-state index in [9.17, 15) is 0 Å². The molecule has 5 heteroatoms. The van der Waals surface area contributed by atoms with Crippen LogP contribution in [0.5, 0.6) is 0 Å². The number of hydrogen-bond acceptors (Lipinski definition) is 3. The smallest absolute Gasteiger partial charge is 0.399 e. The van der Waals surface area contributed by atoms with Gasteiger partial charge in [-0.05, 0) is 46.0 Å². The zero-order valence-electron chi connectivity index (χ0n) is 13.3. The molecule has 1 aromatic rings. The minimum Gasteiger partial charge on any atom is -0.399 e. The molecule has 0 unspecified atom stereocenters. The van der Waals surface area contributed by atoms with Crippen molar-refractivity contribution in [1.82, 2.24) is 9.78 Å². The maximum atomic E-state index is 6.06. The summed E-state index contributed by atoms with van der Waals surface area (Å²) in [4.78, 5) is 0. The molecule has 1 aliphatic heterocycles. The van der Waals surface area contributed by atoms with Crippen molar-refractivity contribution in [3.8, 4) is 0 Å². The largest absolute Gasteiger partial charge is 0.498 e. The highest BCUT2D eigenvalue weighted by Gasteiger charge is 2.52. The van der Waals surface area contributed by atoms with E-state index < -0.39 is 0 Å². The van der Waals surface area contributed by atoms with Gasteiger partial charge < -0.3 is 9.31 Å². The lowest BCUT2D eigenvalue weighted by molar-refractivity contribution is 0.00578. The average Bonchev–Trinajstić information content (AvgIpc) is 2.80. The van der Waals surface area contributed by atoms with Gasteiger partial charge in [-0.25, -0.2) is 0 Å². The molecule has 110 valence electrons. The van der Waals surface area contributed by atoms with Gasteiger partial charge in [0.1, 0.15) is 0 Å². The van der Waals surface area contributed by atoms with Crippen LogP contribution in [0, 0.1) is 5.41 Å². The van der Waals surface area contributed by atoms with E-state index >= 15 is 0 Å². The maximum absolute atomic E-state index is 6.06. The normalized spacial score (nSPS) is 26.6. The molecular formula is C15H25BN2O2. The summed E-state index contributed by atoms with van der Waals surface area (Å²) in [5.41, 5.74) is 0.866. The molecule has 1 saturated heterocycles. The van der Waals surface area contributed by atoms with Crippen molar-refractivity contribution in [3.05, 3.63) is 12.4 Å². The lowest BCUT2D eigenvalue weighted by Crippen LogP contribution is -2.41. The van der Waals surface area contributed by atoms with Crippen LogP contribution in [0.25, 0.3) is 0 Å². The molecule has 0 radical (unpaired) electrons. The quantitative estimate of drug-likeness (QED) is 0.795. The van der Waals surface area contributed by atoms with Gasteiger partial charge in [0.2, 0.25) is 0 Å². The van der Waals surface area contributed by atoms with E-state index in [-0.39, 0.29) is 18.3 Å². The van der Waals surface area contributed by atoms with Crippen LogP contribution >= 0.6 is 0 Å². The lowest BCUT2D eigenvalue weighted by atomic mass is 9.70. The third kappa shape index (κ3) is 2.31. The van der Waals surface area contributed by atoms with E-state index in [1.165, 1.54) is 19.3 Å². The minimum absolute atomic E-state index is 0.292. The summed E-state index contributed by atoms with van der Waals surface area (Å²) in [7, 11) is -0.303. The molecule has 1 aliphatic carbocycles. The molecule has 4 nitrogen and oxygen atoms in total. The molecular weight excluding hydrogens is 251 g/mol. The summed E-state index contributed by atoms with van der Waals surface area (Å²) in [6, 6.07) is 0. The van der Waals surface area contributed by atoms with Crippen LogP contribution in [0.2, 0.25) is 0 Å². The van der Waals surface area contributed by atoms with Crippen molar-refractivity contribution in [2.75, 3.05) is 0 Å². The Kier molecular flexibility index (Phi) is 3.07. The van der Waals surface area contributed by atoms with Crippen molar-refractivity contribution >= 4 is 12.6 Å². The summed E-state index contributed by atoms with van der Waals surface area (Å²) < 4.78 is 14.2. The first-order valence-electron chi connectivity index (χ1n) is 7.59. The fourth-order valence-corrected chi connectivity index (χ4v) is 2.90. The van der Waals surface area contributed by atoms with Crippen LogP contribution in [-0.2, 0) is 15.9 Å². The van der Waals surface area contributed by atoms with Gasteiger partial charge in [-0.15, -0.1) is 0 Å². The lowest BCUT2D eigenvalue weighted by Gasteiger charge is -2.38. The Labute approximate surface area is 122 Å². The molecule has 2 fully saturated rings. The molecule has 0 amide bonds. The SMILES string of the molecule is CC1(Cn2cc(B3OC(C)(C)C(C)(C)O3)cn2)CCC1. The van der Waals surface area contributed by atoms with Crippen LogP contribution in [0.15, 0.2) is 12.4 Å². The number of hydrogen-bond donors (Lipinski definition) is 0. The monoisotopic (exact) mass is 276 g/mol. The predicted molar refractivity (Wildman–Crippen MR) is 79.9 cm³/mol.